The molecule has 27 heavy (non-hydrogen) atoms. The number of hydrogen-bond acceptors (Lipinski definition) is 5. The van der Waals surface area contributed by atoms with E-state index in [1.165, 1.54) is 0 Å². The van der Waals surface area contributed by atoms with Crippen LogP contribution in [0.25, 0.3) is 0 Å². The molecule has 0 aliphatic heterocycles. The summed E-state index contributed by atoms with van der Waals surface area (Å²) in [6.07, 6.45) is 1.81. The molecule has 0 unspecified atom stereocenters. The minimum absolute atomic E-state index is 0. The average Bonchev–Trinajstić information content (AvgIpc) is 2.66. The van der Waals surface area contributed by atoms with Crippen LogP contribution in [0.3, 0.4) is 0 Å². The Bertz CT molecular complexity index is 753. The number of hydrogen-bond donors (Lipinski definition) is 2. The summed E-state index contributed by atoms with van der Waals surface area (Å²) in [5, 5.41) is 6.56. The van der Waals surface area contributed by atoms with Crippen molar-refractivity contribution in [2.45, 2.75) is 13.5 Å². The van der Waals surface area contributed by atoms with Crippen LogP contribution in [-0.4, -0.2) is 45.8 Å². The second-order valence-electron chi connectivity index (χ2n) is 5.77. The Morgan fingerprint density at radius 3 is 2.59 bits per heavy atom. The summed E-state index contributed by atoms with van der Waals surface area (Å²) < 4.78 is 10.9. The first-order valence-corrected chi connectivity index (χ1v) is 8.48. The molecule has 1 aromatic carbocycles. The third-order valence-electron chi connectivity index (χ3n) is 3.68. The largest absolute Gasteiger partial charge is 0.493 e. The van der Waals surface area contributed by atoms with Crippen LogP contribution in [0.4, 0.5) is 11.5 Å². The highest BCUT2D eigenvalue weighted by Crippen LogP contribution is 2.30. The van der Waals surface area contributed by atoms with E-state index >= 15 is 0 Å². The molecular formula is C19H28IN5O2. The van der Waals surface area contributed by atoms with Crippen molar-refractivity contribution in [1.29, 1.82) is 0 Å². The van der Waals surface area contributed by atoms with Gasteiger partial charge in [-0.15, -0.1) is 24.0 Å². The topological polar surface area (TPSA) is 71.0 Å². The smallest absolute Gasteiger partial charge is 0.195 e. The van der Waals surface area contributed by atoms with Gasteiger partial charge in [-0.25, -0.2) is 4.98 Å². The molecule has 0 atom stereocenters. The Balaban J connectivity index is 0.00000364. The molecule has 2 aromatic rings. The van der Waals surface area contributed by atoms with Gasteiger partial charge < -0.3 is 25.0 Å². The van der Waals surface area contributed by atoms with E-state index in [1.54, 1.807) is 20.4 Å². The van der Waals surface area contributed by atoms with Crippen molar-refractivity contribution >= 4 is 41.4 Å². The van der Waals surface area contributed by atoms with E-state index in [-0.39, 0.29) is 24.0 Å². The predicted octanol–water partition coefficient (Wildman–Crippen LogP) is 3.36. The number of methoxy groups -OCH3 is 1. The summed E-state index contributed by atoms with van der Waals surface area (Å²) in [6.45, 7) is 3.17. The number of aliphatic imine (C=N–C) groups is 1. The second kappa shape index (κ2) is 11.5. The highest BCUT2D eigenvalue weighted by atomic mass is 127. The van der Waals surface area contributed by atoms with E-state index in [0.717, 1.165) is 22.8 Å². The molecule has 0 aliphatic rings. The van der Waals surface area contributed by atoms with Gasteiger partial charge in [0.25, 0.3) is 0 Å². The Morgan fingerprint density at radius 2 is 1.96 bits per heavy atom. The zero-order valence-electron chi connectivity index (χ0n) is 16.4. The lowest BCUT2D eigenvalue weighted by Crippen LogP contribution is -2.30. The summed E-state index contributed by atoms with van der Waals surface area (Å²) in [5.74, 6) is 2.98. The van der Waals surface area contributed by atoms with Gasteiger partial charge in [-0.1, -0.05) is 0 Å². The molecule has 0 bridgehead atoms. The van der Waals surface area contributed by atoms with Crippen molar-refractivity contribution in [3.05, 3.63) is 42.1 Å². The number of guanidine groups is 1. The molecule has 7 nitrogen and oxygen atoms in total. The highest BCUT2D eigenvalue weighted by Gasteiger charge is 2.07. The first kappa shape index (κ1) is 22.8. The van der Waals surface area contributed by atoms with E-state index < -0.39 is 0 Å². The lowest BCUT2D eigenvalue weighted by atomic mass is 10.2. The number of rotatable bonds is 7. The van der Waals surface area contributed by atoms with Crippen LogP contribution in [0.15, 0.2) is 41.5 Å². The van der Waals surface area contributed by atoms with E-state index in [9.17, 15) is 0 Å². The van der Waals surface area contributed by atoms with E-state index in [1.807, 2.05) is 56.3 Å². The van der Waals surface area contributed by atoms with Crippen molar-refractivity contribution in [3.8, 4) is 11.5 Å². The van der Waals surface area contributed by atoms with E-state index in [0.29, 0.717) is 24.9 Å². The van der Waals surface area contributed by atoms with Crippen molar-refractivity contribution in [2.75, 3.05) is 45.1 Å². The summed E-state index contributed by atoms with van der Waals surface area (Å²) >= 11 is 0. The Hall–Kier alpha value is -2.23. The fourth-order valence-corrected chi connectivity index (χ4v) is 2.34. The number of benzene rings is 1. The predicted molar refractivity (Wildman–Crippen MR) is 122 cm³/mol. The van der Waals surface area contributed by atoms with E-state index in [4.69, 9.17) is 9.47 Å². The SMILES string of the molecule is CCOc1ccc(NC(=NC)NCc2ccnc(N(C)C)c2)cc1OC.I. The van der Waals surface area contributed by atoms with Crippen molar-refractivity contribution < 1.29 is 9.47 Å². The average molecular weight is 485 g/mol. The van der Waals surface area contributed by atoms with Crippen LogP contribution in [0, 0.1) is 0 Å². The maximum Gasteiger partial charge on any atom is 0.195 e. The summed E-state index contributed by atoms with van der Waals surface area (Å²) in [5.41, 5.74) is 1.98. The van der Waals surface area contributed by atoms with Crippen LogP contribution in [0.5, 0.6) is 11.5 Å². The Kier molecular flexibility index (Phi) is 9.70. The lowest BCUT2D eigenvalue weighted by molar-refractivity contribution is 0.311. The monoisotopic (exact) mass is 485 g/mol. The standard InChI is InChI=1S/C19H27N5O2.HI/c1-6-26-16-8-7-15(12-17(16)25-5)23-19(20-2)22-13-14-9-10-21-18(11-14)24(3)4;/h7-12H,6,13H2,1-5H3,(H2,20,22,23);1H. The number of pyridine rings is 1. The molecule has 0 radical (unpaired) electrons. The molecule has 0 fully saturated rings. The molecule has 2 rings (SSSR count). The number of nitrogens with one attached hydrogen (secondary N) is 2. The van der Waals surface area contributed by atoms with Gasteiger partial charge in [0.05, 0.1) is 13.7 Å². The summed E-state index contributed by atoms with van der Waals surface area (Å²) in [6, 6.07) is 9.71. The molecule has 1 aromatic heterocycles. The normalized spacial score (nSPS) is 10.6. The molecule has 1 heterocycles. The highest BCUT2D eigenvalue weighted by molar-refractivity contribution is 14.0. The zero-order valence-corrected chi connectivity index (χ0v) is 18.8. The molecular weight excluding hydrogens is 457 g/mol. The number of ether oxygens (including phenoxy) is 2. The Labute approximate surface area is 178 Å². The van der Waals surface area contributed by atoms with Crippen LogP contribution in [0.1, 0.15) is 12.5 Å². The molecule has 148 valence electrons. The van der Waals surface area contributed by atoms with Crippen molar-refractivity contribution in [2.24, 2.45) is 4.99 Å². The second-order valence-corrected chi connectivity index (χ2v) is 5.77. The summed E-state index contributed by atoms with van der Waals surface area (Å²) in [4.78, 5) is 10.6. The Morgan fingerprint density at radius 1 is 1.19 bits per heavy atom. The number of aromatic nitrogens is 1. The minimum atomic E-state index is 0. The van der Waals surface area contributed by atoms with Crippen molar-refractivity contribution in [3.63, 3.8) is 0 Å². The van der Waals surface area contributed by atoms with Gasteiger partial charge in [0.15, 0.2) is 17.5 Å². The quantitative estimate of drug-likeness (QED) is 0.356. The maximum absolute atomic E-state index is 5.54. The van der Waals surface area contributed by atoms with Gasteiger partial charge in [0.2, 0.25) is 0 Å². The lowest BCUT2D eigenvalue weighted by Gasteiger charge is -2.15. The van der Waals surface area contributed by atoms with Crippen LogP contribution in [-0.2, 0) is 6.54 Å². The molecule has 2 N–H and O–H groups in total. The fourth-order valence-electron chi connectivity index (χ4n) is 2.34. The number of nitrogens with zero attached hydrogens (tertiary/aromatic N) is 3. The van der Waals surface area contributed by atoms with Gasteiger partial charge in [0.1, 0.15) is 5.82 Å². The maximum atomic E-state index is 5.54. The number of halogens is 1. The van der Waals surface area contributed by atoms with Crippen LogP contribution < -0.4 is 25.0 Å². The molecule has 0 aliphatic carbocycles. The third-order valence-corrected chi connectivity index (χ3v) is 3.68. The van der Waals surface area contributed by atoms with Crippen LogP contribution >= 0.6 is 24.0 Å². The molecule has 0 saturated carbocycles. The first-order chi connectivity index (χ1) is 12.6. The number of anilines is 2. The van der Waals surface area contributed by atoms with Crippen LogP contribution in [0.2, 0.25) is 0 Å². The van der Waals surface area contributed by atoms with Gasteiger partial charge >= 0.3 is 0 Å². The zero-order chi connectivity index (χ0) is 18.9. The van der Waals surface area contributed by atoms with Crippen molar-refractivity contribution in [1.82, 2.24) is 10.3 Å². The molecule has 0 saturated heterocycles. The third kappa shape index (κ3) is 6.78. The van der Waals surface area contributed by atoms with E-state index in [2.05, 4.69) is 20.6 Å². The van der Waals surface area contributed by atoms with Gasteiger partial charge in [-0.2, -0.15) is 0 Å². The molecule has 8 heteroatoms. The minimum Gasteiger partial charge on any atom is -0.493 e. The fraction of sp³-hybridized carbons (Fsp3) is 0.368. The first-order valence-electron chi connectivity index (χ1n) is 8.48. The molecule has 0 spiro atoms. The molecule has 0 amide bonds. The summed E-state index contributed by atoms with van der Waals surface area (Å²) in [7, 11) is 7.30. The van der Waals surface area contributed by atoms with Gasteiger partial charge in [-0.05, 0) is 36.8 Å². The van der Waals surface area contributed by atoms with Gasteiger partial charge in [-0.3, -0.25) is 4.99 Å². The van der Waals surface area contributed by atoms with Gasteiger partial charge in [0, 0.05) is 45.6 Å².